The number of aromatic nitrogens is 1. The normalized spacial score (nSPS) is 18.6. The molecule has 2 aromatic rings. The van der Waals surface area contributed by atoms with Crippen LogP contribution in [-0.2, 0) is 11.2 Å². The number of H-pyrrole nitrogens is 1. The van der Waals surface area contributed by atoms with E-state index in [0.717, 1.165) is 35.8 Å². The van der Waals surface area contributed by atoms with E-state index in [2.05, 4.69) is 11.1 Å². The highest BCUT2D eigenvalue weighted by molar-refractivity contribution is 7.16. The zero-order valence-electron chi connectivity index (χ0n) is 11.1. The van der Waals surface area contributed by atoms with Crippen LogP contribution in [0.3, 0.4) is 0 Å². The Hall–Kier alpha value is -1.26. The highest BCUT2D eigenvalue weighted by Crippen LogP contribution is 2.31. The zero-order valence-corrected chi connectivity index (χ0v) is 12.7. The minimum atomic E-state index is 0.226. The predicted molar refractivity (Wildman–Crippen MR) is 82.1 cm³/mol. The number of nitrogens with one attached hydrogen (secondary N) is 1. The first kappa shape index (κ1) is 13.7. The molecule has 1 saturated heterocycles. The van der Waals surface area contributed by atoms with Crippen LogP contribution in [0.4, 0.5) is 0 Å². The van der Waals surface area contributed by atoms with Crippen molar-refractivity contribution in [2.75, 3.05) is 6.54 Å². The summed E-state index contributed by atoms with van der Waals surface area (Å²) in [5.74, 6) is 0.242. The van der Waals surface area contributed by atoms with Crippen molar-refractivity contribution in [1.82, 2.24) is 9.88 Å². The average molecular weight is 309 g/mol. The van der Waals surface area contributed by atoms with Gasteiger partial charge >= 0.3 is 0 Å². The van der Waals surface area contributed by atoms with Crippen LogP contribution in [0.1, 0.15) is 35.9 Å². The third-order valence-electron chi connectivity index (χ3n) is 3.77. The number of hydrogen-bond acceptors (Lipinski definition) is 2. The molecule has 20 heavy (non-hydrogen) atoms. The van der Waals surface area contributed by atoms with Crippen molar-refractivity contribution in [2.24, 2.45) is 0 Å². The van der Waals surface area contributed by atoms with Crippen molar-refractivity contribution in [3.05, 3.63) is 45.4 Å². The summed E-state index contributed by atoms with van der Waals surface area (Å²) in [4.78, 5) is 18.8. The van der Waals surface area contributed by atoms with E-state index in [4.69, 9.17) is 11.6 Å². The van der Waals surface area contributed by atoms with Crippen LogP contribution in [0.15, 0.2) is 30.5 Å². The number of amides is 1. The molecular formula is C15H17ClN2OS. The molecule has 1 fully saturated rings. The second-order valence-electron chi connectivity index (χ2n) is 5.08. The molecule has 0 aliphatic carbocycles. The van der Waals surface area contributed by atoms with Crippen LogP contribution in [0.5, 0.6) is 0 Å². The van der Waals surface area contributed by atoms with Gasteiger partial charge in [-0.3, -0.25) is 4.79 Å². The summed E-state index contributed by atoms with van der Waals surface area (Å²) >= 11 is 7.47. The van der Waals surface area contributed by atoms with E-state index in [-0.39, 0.29) is 11.9 Å². The molecular weight excluding hydrogens is 292 g/mol. The molecule has 2 aromatic heterocycles. The number of rotatable bonds is 4. The smallest absolute Gasteiger partial charge is 0.223 e. The lowest BCUT2D eigenvalue weighted by Crippen LogP contribution is -2.30. The fourth-order valence-corrected chi connectivity index (χ4v) is 3.89. The molecule has 1 aliphatic heterocycles. The Kier molecular flexibility index (Phi) is 4.13. The Morgan fingerprint density at radius 2 is 2.35 bits per heavy atom. The lowest BCUT2D eigenvalue weighted by atomic mass is 10.1. The maximum atomic E-state index is 12.4. The van der Waals surface area contributed by atoms with Crippen molar-refractivity contribution >= 4 is 28.8 Å². The van der Waals surface area contributed by atoms with Crippen LogP contribution < -0.4 is 0 Å². The Labute approximate surface area is 127 Å². The Morgan fingerprint density at radius 3 is 3.05 bits per heavy atom. The molecule has 0 aromatic carbocycles. The molecule has 3 rings (SSSR count). The fraction of sp³-hybridized carbons (Fsp3) is 0.400. The van der Waals surface area contributed by atoms with Crippen LogP contribution in [0.2, 0.25) is 4.34 Å². The summed E-state index contributed by atoms with van der Waals surface area (Å²) in [5, 5.41) is 0. The van der Waals surface area contributed by atoms with Crippen molar-refractivity contribution in [2.45, 2.75) is 31.7 Å². The van der Waals surface area contributed by atoms with Crippen LogP contribution in [-0.4, -0.2) is 22.3 Å². The maximum absolute atomic E-state index is 12.4. The minimum Gasteiger partial charge on any atom is -0.363 e. The van der Waals surface area contributed by atoms with Crippen molar-refractivity contribution in [3.63, 3.8) is 0 Å². The van der Waals surface area contributed by atoms with Crippen LogP contribution in [0, 0.1) is 0 Å². The topological polar surface area (TPSA) is 36.1 Å². The standard InChI is InChI=1S/C15H17ClN2OS/c16-14-7-5-11(20-14)6-8-15(19)18-10-2-4-13(18)12-3-1-9-17-12/h1,3,5,7,9,13,17H,2,4,6,8,10H2/t13-/m1/s1. The number of nitrogens with zero attached hydrogens (tertiary/aromatic N) is 1. The Bertz CT molecular complexity index is 578. The average Bonchev–Trinajstić information content (AvgIpc) is 3.16. The van der Waals surface area contributed by atoms with Gasteiger partial charge in [-0.2, -0.15) is 0 Å². The van der Waals surface area contributed by atoms with Gasteiger partial charge < -0.3 is 9.88 Å². The number of aromatic amines is 1. The van der Waals surface area contributed by atoms with E-state index in [1.165, 1.54) is 4.88 Å². The van der Waals surface area contributed by atoms with Crippen molar-refractivity contribution in [1.29, 1.82) is 0 Å². The highest BCUT2D eigenvalue weighted by Gasteiger charge is 2.30. The van der Waals surface area contributed by atoms with Gasteiger partial charge in [-0.05, 0) is 43.5 Å². The van der Waals surface area contributed by atoms with E-state index in [1.807, 2.05) is 29.3 Å². The first-order valence-electron chi connectivity index (χ1n) is 6.91. The van der Waals surface area contributed by atoms with Gasteiger partial charge in [0.2, 0.25) is 5.91 Å². The van der Waals surface area contributed by atoms with Crippen molar-refractivity contribution in [3.8, 4) is 0 Å². The summed E-state index contributed by atoms with van der Waals surface area (Å²) in [6.07, 6.45) is 5.40. The number of thiophene rings is 1. The summed E-state index contributed by atoms with van der Waals surface area (Å²) in [7, 11) is 0. The third kappa shape index (κ3) is 2.91. The van der Waals surface area contributed by atoms with Crippen LogP contribution in [0.25, 0.3) is 0 Å². The lowest BCUT2D eigenvalue weighted by Gasteiger charge is -2.24. The van der Waals surface area contributed by atoms with Gasteiger partial charge in [-0.25, -0.2) is 0 Å². The third-order valence-corrected chi connectivity index (χ3v) is 5.06. The summed E-state index contributed by atoms with van der Waals surface area (Å²) in [6.45, 7) is 0.869. The Morgan fingerprint density at radius 1 is 1.45 bits per heavy atom. The zero-order chi connectivity index (χ0) is 13.9. The van der Waals surface area contributed by atoms with E-state index in [9.17, 15) is 4.79 Å². The van der Waals surface area contributed by atoms with E-state index < -0.39 is 0 Å². The molecule has 0 saturated carbocycles. The fourth-order valence-electron chi connectivity index (χ4n) is 2.80. The minimum absolute atomic E-state index is 0.226. The summed E-state index contributed by atoms with van der Waals surface area (Å²) in [6, 6.07) is 8.18. The van der Waals surface area contributed by atoms with Crippen LogP contribution >= 0.6 is 22.9 Å². The molecule has 1 N–H and O–H groups in total. The van der Waals surface area contributed by atoms with Gasteiger partial charge in [-0.15, -0.1) is 11.3 Å². The maximum Gasteiger partial charge on any atom is 0.223 e. The molecule has 3 heterocycles. The monoisotopic (exact) mass is 308 g/mol. The highest BCUT2D eigenvalue weighted by atomic mass is 35.5. The number of carbonyl (C=O) groups excluding carboxylic acids is 1. The number of hydrogen-bond donors (Lipinski definition) is 1. The molecule has 0 bridgehead atoms. The van der Waals surface area contributed by atoms with Gasteiger partial charge in [0.15, 0.2) is 0 Å². The van der Waals surface area contributed by atoms with Gasteiger partial charge in [0.1, 0.15) is 0 Å². The first-order valence-corrected chi connectivity index (χ1v) is 8.10. The molecule has 3 nitrogen and oxygen atoms in total. The quantitative estimate of drug-likeness (QED) is 0.909. The molecule has 0 spiro atoms. The molecule has 5 heteroatoms. The Balaban J connectivity index is 1.61. The molecule has 1 aliphatic rings. The lowest BCUT2D eigenvalue weighted by molar-refractivity contribution is -0.132. The predicted octanol–water partition coefficient (Wildman–Crippen LogP) is 4.03. The molecule has 0 radical (unpaired) electrons. The van der Waals surface area contributed by atoms with E-state index in [1.54, 1.807) is 11.3 Å². The number of likely N-dealkylation sites (tertiary alicyclic amines) is 1. The summed E-state index contributed by atoms with van der Waals surface area (Å²) < 4.78 is 0.790. The first-order chi connectivity index (χ1) is 9.74. The molecule has 1 amide bonds. The molecule has 106 valence electrons. The van der Waals surface area contributed by atoms with Gasteiger partial charge in [0.05, 0.1) is 10.4 Å². The summed E-state index contributed by atoms with van der Waals surface area (Å²) in [5.41, 5.74) is 1.15. The number of carbonyl (C=O) groups is 1. The second-order valence-corrected chi connectivity index (χ2v) is 6.88. The largest absolute Gasteiger partial charge is 0.363 e. The number of halogens is 1. The SMILES string of the molecule is O=C(CCc1ccc(Cl)s1)N1CCC[C@@H]1c1ccc[nH]1. The van der Waals surface area contributed by atoms with Crippen molar-refractivity contribution < 1.29 is 4.79 Å². The van der Waals surface area contributed by atoms with E-state index >= 15 is 0 Å². The van der Waals surface area contributed by atoms with E-state index in [0.29, 0.717) is 6.42 Å². The molecule has 1 atom stereocenters. The van der Waals surface area contributed by atoms with Gasteiger partial charge in [0.25, 0.3) is 0 Å². The molecule has 0 unspecified atom stereocenters. The van der Waals surface area contributed by atoms with Gasteiger partial charge in [-0.1, -0.05) is 11.6 Å². The second kappa shape index (κ2) is 6.02. The van der Waals surface area contributed by atoms with Gasteiger partial charge in [0, 0.05) is 29.7 Å². The number of aryl methyl sites for hydroxylation is 1.